The van der Waals surface area contributed by atoms with Gasteiger partial charge in [0.2, 0.25) is 0 Å². The fourth-order valence-corrected chi connectivity index (χ4v) is 4.01. The summed E-state index contributed by atoms with van der Waals surface area (Å²) < 4.78 is 2.00. The summed E-state index contributed by atoms with van der Waals surface area (Å²) >= 11 is 0. The number of piperazine rings is 1. The minimum atomic E-state index is 0.242. The Labute approximate surface area is 166 Å². The topological polar surface area (TPSA) is 63.2 Å². The number of hydrogen-bond acceptors (Lipinski definition) is 5. The standard InChI is InChI=1S/C22H28N6/c1-26-20(10-12-24-26)22(18-6-3-2-4-7-18)28-16-14-27(15-17-28)13-11-19-8-5-9-21(23)25-19/h2-10,12,22H,11,13-17H2,1H3,(H2,23,25). The Morgan fingerprint density at radius 3 is 2.43 bits per heavy atom. The molecule has 1 aliphatic rings. The molecular formula is C22H28N6. The molecule has 1 aliphatic heterocycles. The van der Waals surface area contributed by atoms with Gasteiger partial charge >= 0.3 is 0 Å². The average Bonchev–Trinajstić information content (AvgIpc) is 3.14. The van der Waals surface area contributed by atoms with E-state index in [0.717, 1.165) is 44.8 Å². The monoisotopic (exact) mass is 376 g/mol. The number of pyridine rings is 1. The molecule has 6 heteroatoms. The lowest BCUT2D eigenvalue weighted by Gasteiger charge is -2.39. The Bertz CT molecular complexity index is 883. The lowest BCUT2D eigenvalue weighted by Crippen LogP contribution is -2.48. The fraction of sp³-hybridized carbons (Fsp3) is 0.364. The van der Waals surface area contributed by atoms with Gasteiger partial charge in [-0.15, -0.1) is 0 Å². The first-order valence-electron chi connectivity index (χ1n) is 9.91. The van der Waals surface area contributed by atoms with Crippen LogP contribution in [0.2, 0.25) is 0 Å². The first-order valence-corrected chi connectivity index (χ1v) is 9.91. The smallest absolute Gasteiger partial charge is 0.123 e. The fourth-order valence-electron chi connectivity index (χ4n) is 4.01. The summed E-state index contributed by atoms with van der Waals surface area (Å²) in [5.74, 6) is 0.601. The minimum absolute atomic E-state index is 0.242. The molecule has 1 unspecified atom stereocenters. The van der Waals surface area contributed by atoms with Crippen molar-refractivity contribution in [2.75, 3.05) is 38.5 Å². The highest BCUT2D eigenvalue weighted by Crippen LogP contribution is 2.29. The number of aromatic nitrogens is 3. The quantitative estimate of drug-likeness (QED) is 0.715. The van der Waals surface area contributed by atoms with Gasteiger partial charge in [0.15, 0.2) is 0 Å². The van der Waals surface area contributed by atoms with Gasteiger partial charge < -0.3 is 10.6 Å². The summed E-state index contributed by atoms with van der Waals surface area (Å²) in [6.45, 7) is 5.21. The molecule has 0 saturated carbocycles. The molecule has 6 nitrogen and oxygen atoms in total. The highest BCUT2D eigenvalue weighted by Gasteiger charge is 2.28. The van der Waals surface area contributed by atoms with Crippen LogP contribution in [0.4, 0.5) is 5.82 Å². The van der Waals surface area contributed by atoms with Gasteiger partial charge in [-0.1, -0.05) is 36.4 Å². The van der Waals surface area contributed by atoms with Crippen molar-refractivity contribution < 1.29 is 0 Å². The first kappa shape index (κ1) is 18.7. The lowest BCUT2D eigenvalue weighted by molar-refractivity contribution is 0.107. The zero-order valence-corrected chi connectivity index (χ0v) is 16.4. The predicted octanol–water partition coefficient (Wildman–Crippen LogP) is 2.35. The van der Waals surface area contributed by atoms with Crippen molar-refractivity contribution in [2.45, 2.75) is 12.5 Å². The van der Waals surface area contributed by atoms with Crippen LogP contribution in [0.3, 0.4) is 0 Å². The Hall–Kier alpha value is -2.70. The molecule has 3 heterocycles. The second-order valence-corrected chi connectivity index (χ2v) is 7.37. The Balaban J connectivity index is 1.41. The molecule has 2 aromatic heterocycles. The van der Waals surface area contributed by atoms with Gasteiger partial charge in [-0.3, -0.25) is 9.58 Å². The molecule has 4 rings (SSSR count). The van der Waals surface area contributed by atoms with Crippen LogP contribution in [0, 0.1) is 0 Å². The van der Waals surface area contributed by atoms with Crippen LogP contribution in [0.25, 0.3) is 0 Å². The maximum absolute atomic E-state index is 5.79. The van der Waals surface area contributed by atoms with Gasteiger partial charge in [-0.2, -0.15) is 5.10 Å². The zero-order chi connectivity index (χ0) is 19.3. The van der Waals surface area contributed by atoms with Crippen molar-refractivity contribution >= 4 is 5.82 Å². The van der Waals surface area contributed by atoms with Crippen LogP contribution >= 0.6 is 0 Å². The van der Waals surface area contributed by atoms with E-state index in [-0.39, 0.29) is 6.04 Å². The van der Waals surface area contributed by atoms with Crippen molar-refractivity contribution in [3.63, 3.8) is 0 Å². The summed E-state index contributed by atoms with van der Waals surface area (Å²) in [5.41, 5.74) is 9.43. The molecule has 0 spiro atoms. The Morgan fingerprint density at radius 1 is 0.964 bits per heavy atom. The Morgan fingerprint density at radius 2 is 1.75 bits per heavy atom. The number of rotatable bonds is 6. The second-order valence-electron chi connectivity index (χ2n) is 7.37. The van der Waals surface area contributed by atoms with Crippen LogP contribution in [-0.2, 0) is 13.5 Å². The third-order valence-corrected chi connectivity index (χ3v) is 5.54. The molecule has 28 heavy (non-hydrogen) atoms. The van der Waals surface area contributed by atoms with Crippen molar-refractivity contribution in [3.8, 4) is 0 Å². The number of nitrogen functional groups attached to an aromatic ring is 1. The van der Waals surface area contributed by atoms with Crippen molar-refractivity contribution in [3.05, 3.63) is 77.7 Å². The zero-order valence-electron chi connectivity index (χ0n) is 16.4. The average molecular weight is 377 g/mol. The summed E-state index contributed by atoms with van der Waals surface area (Å²) in [4.78, 5) is 9.51. The molecule has 1 fully saturated rings. The van der Waals surface area contributed by atoms with E-state index in [1.165, 1.54) is 11.3 Å². The highest BCUT2D eigenvalue weighted by atomic mass is 15.3. The minimum Gasteiger partial charge on any atom is -0.384 e. The lowest BCUT2D eigenvalue weighted by atomic mass is 10.0. The van der Waals surface area contributed by atoms with Crippen LogP contribution in [0.5, 0.6) is 0 Å². The summed E-state index contributed by atoms with van der Waals surface area (Å²) in [5, 5.41) is 4.41. The van der Waals surface area contributed by atoms with Crippen LogP contribution in [-0.4, -0.2) is 57.3 Å². The van der Waals surface area contributed by atoms with Gasteiger partial charge in [0.1, 0.15) is 5.82 Å². The van der Waals surface area contributed by atoms with E-state index in [1.807, 2.05) is 30.1 Å². The molecule has 0 radical (unpaired) electrons. The molecule has 0 bridgehead atoms. The van der Waals surface area contributed by atoms with E-state index in [4.69, 9.17) is 5.73 Å². The predicted molar refractivity (Wildman–Crippen MR) is 112 cm³/mol. The van der Waals surface area contributed by atoms with E-state index >= 15 is 0 Å². The summed E-state index contributed by atoms with van der Waals surface area (Å²) in [6.07, 6.45) is 2.83. The Kier molecular flexibility index (Phi) is 5.69. The summed E-state index contributed by atoms with van der Waals surface area (Å²) in [7, 11) is 2.03. The first-order chi connectivity index (χ1) is 13.7. The molecule has 1 atom stereocenters. The van der Waals surface area contributed by atoms with Crippen LogP contribution < -0.4 is 5.73 Å². The maximum Gasteiger partial charge on any atom is 0.123 e. The van der Waals surface area contributed by atoms with Gasteiger partial charge in [-0.25, -0.2) is 4.98 Å². The largest absolute Gasteiger partial charge is 0.384 e. The molecule has 1 saturated heterocycles. The number of anilines is 1. The SMILES string of the molecule is Cn1nccc1C(c1ccccc1)N1CCN(CCc2cccc(N)n2)CC1. The van der Waals surface area contributed by atoms with Crippen LogP contribution in [0.1, 0.15) is 23.0 Å². The second kappa shape index (κ2) is 8.54. The molecule has 0 aliphatic carbocycles. The maximum atomic E-state index is 5.79. The third kappa shape index (κ3) is 4.24. The van der Waals surface area contributed by atoms with Gasteiger partial charge in [0.05, 0.1) is 11.7 Å². The molecule has 2 N–H and O–H groups in total. The van der Waals surface area contributed by atoms with E-state index in [9.17, 15) is 0 Å². The van der Waals surface area contributed by atoms with E-state index in [0.29, 0.717) is 5.82 Å². The van der Waals surface area contributed by atoms with E-state index < -0.39 is 0 Å². The molecular weight excluding hydrogens is 348 g/mol. The molecule has 3 aromatic rings. The number of hydrogen-bond donors (Lipinski definition) is 1. The van der Waals surface area contributed by atoms with E-state index in [2.05, 4.69) is 62.3 Å². The van der Waals surface area contributed by atoms with Crippen molar-refractivity contribution in [2.24, 2.45) is 7.05 Å². The highest BCUT2D eigenvalue weighted by molar-refractivity contribution is 5.29. The van der Waals surface area contributed by atoms with Gasteiger partial charge in [-0.05, 0) is 23.8 Å². The number of benzene rings is 1. The number of nitrogens with zero attached hydrogens (tertiary/aromatic N) is 5. The van der Waals surface area contributed by atoms with Crippen molar-refractivity contribution in [1.82, 2.24) is 24.6 Å². The van der Waals surface area contributed by atoms with Gasteiger partial charge in [0, 0.05) is 58.1 Å². The summed E-state index contributed by atoms with van der Waals surface area (Å²) in [6, 6.07) is 19.0. The molecule has 0 amide bonds. The third-order valence-electron chi connectivity index (χ3n) is 5.54. The molecule has 1 aromatic carbocycles. The van der Waals surface area contributed by atoms with Crippen LogP contribution in [0.15, 0.2) is 60.8 Å². The normalized spacial score (nSPS) is 16.9. The van der Waals surface area contributed by atoms with Crippen molar-refractivity contribution in [1.29, 1.82) is 0 Å². The van der Waals surface area contributed by atoms with Gasteiger partial charge in [0.25, 0.3) is 0 Å². The van der Waals surface area contributed by atoms with E-state index in [1.54, 1.807) is 0 Å². The molecule has 146 valence electrons. The number of nitrogens with two attached hydrogens (primary N) is 1. The number of aryl methyl sites for hydroxylation is 1.